The molecule has 0 radical (unpaired) electrons. The molecule has 0 amide bonds. The molecular weight excluding hydrogens is 743 g/mol. The van der Waals surface area contributed by atoms with Gasteiger partial charge in [-0.1, -0.05) is 27.7 Å². The van der Waals surface area contributed by atoms with Crippen LogP contribution in [0, 0.1) is 10.8 Å². The molecule has 0 unspecified atom stereocenters. The molecule has 0 spiro atoms. The number of halogens is 2. The van der Waals surface area contributed by atoms with Crippen LogP contribution in [0.4, 0.5) is 8.78 Å². The van der Waals surface area contributed by atoms with Crippen LogP contribution >= 0.6 is 71.0 Å². The van der Waals surface area contributed by atoms with Gasteiger partial charge in [-0.3, -0.25) is 10.8 Å². The van der Waals surface area contributed by atoms with E-state index in [9.17, 15) is 8.78 Å². The average Bonchev–Trinajstić information content (AvgIpc) is 3.86. The Hall–Kier alpha value is -3.26. The average molecular weight is 771 g/mol. The van der Waals surface area contributed by atoms with Crippen molar-refractivity contribution in [2.24, 2.45) is 8.80 Å². The maximum absolute atomic E-state index is 14.8. The highest BCUT2D eigenvalue weighted by Gasteiger charge is 2.46. The normalized spacial score (nSPS) is 20.8. The summed E-state index contributed by atoms with van der Waals surface area (Å²) in [5.74, 6) is -0.823. The van der Waals surface area contributed by atoms with Crippen LogP contribution in [0.5, 0.6) is 0 Å². The van der Waals surface area contributed by atoms with Gasteiger partial charge in [-0.25, -0.2) is 17.6 Å². The molecule has 0 aliphatic heterocycles. The molecule has 4 aliphatic carbocycles. The van der Waals surface area contributed by atoms with Gasteiger partial charge in [-0.2, -0.15) is 0 Å². The number of thiophene rings is 4. The molecule has 4 heterocycles. The predicted octanol–water partition coefficient (Wildman–Crippen LogP) is 12.7. The maximum Gasteiger partial charge on any atom is 0.129 e. The van der Waals surface area contributed by atoms with E-state index in [1.165, 1.54) is 64.7 Å². The molecule has 0 fully saturated rings. The second kappa shape index (κ2) is 10.6. The lowest BCUT2D eigenvalue weighted by Gasteiger charge is -2.24. The number of rotatable bonds is 2. The predicted molar refractivity (Wildman–Crippen MR) is 220 cm³/mol. The van der Waals surface area contributed by atoms with E-state index >= 15 is 0 Å². The Morgan fingerprint density at radius 2 is 1.00 bits per heavy atom. The number of allylic oxidation sites excluding steroid dienone is 8. The van der Waals surface area contributed by atoms with Gasteiger partial charge in [-0.05, 0) is 108 Å². The van der Waals surface area contributed by atoms with Crippen molar-refractivity contribution in [1.82, 2.24) is 0 Å². The van der Waals surface area contributed by atoms with E-state index < -0.39 is 11.7 Å². The van der Waals surface area contributed by atoms with Crippen LogP contribution in [0.15, 0.2) is 68.0 Å². The number of nitrogens with one attached hydrogen (secondary N) is 2. The van der Waals surface area contributed by atoms with Gasteiger partial charge in [0.25, 0.3) is 0 Å². The first-order valence-corrected chi connectivity index (χ1v) is 19.9. The summed E-state index contributed by atoms with van der Waals surface area (Å²) in [6, 6.07) is 9.07. The van der Waals surface area contributed by atoms with Crippen LogP contribution in [0.2, 0.25) is 0 Å². The number of thiol groups is 2. The van der Waals surface area contributed by atoms with Crippen LogP contribution in [-0.4, -0.2) is 22.8 Å². The van der Waals surface area contributed by atoms with Gasteiger partial charge < -0.3 is 0 Å². The summed E-state index contributed by atoms with van der Waals surface area (Å²) < 4.78 is 42.5. The molecule has 12 heteroatoms. The minimum absolute atomic E-state index is 0.0259. The first-order chi connectivity index (χ1) is 23.7. The Balaban J connectivity index is 1.17. The highest BCUT2D eigenvalue weighted by atomic mass is 32.1. The Kier molecular flexibility index (Phi) is 6.95. The molecule has 0 saturated heterocycles. The lowest BCUT2D eigenvalue weighted by atomic mass is 9.79. The summed E-state index contributed by atoms with van der Waals surface area (Å²) in [6.07, 6.45) is 2.41. The smallest absolute Gasteiger partial charge is 0.129 e. The van der Waals surface area contributed by atoms with E-state index in [1.54, 1.807) is 59.2 Å². The van der Waals surface area contributed by atoms with E-state index in [0.717, 1.165) is 19.2 Å². The molecule has 0 bridgehead atoms. The van der Waals surface area contributed by atoms with Gasteiger partial charge in [0, 0.05) is 63.0 Å². The summed E-state index contributed by atoms with van der Waals surface area (Å²) in [5, 5.41) is 16.7. The highest BCUT2D eigenvalue weighted by molar-refractivity contribution is 7.79. The fourth-order valence-electron chi connectivity index (χ4n) is 8.10. The van der Waals surface area contributed by atoms with Crippen molar-refractivity contribution in [2.75, 3.05) is 0 Å². The first-order valence-electron chi connectivity index (χ1n) is 15.8. The molecule has 4 aliphatic rings. The van der Waals surface area contributed by atoms with Gasteiger partial charge in [0.2, 0.25) is 0 Å². The standard InChI is InChI=1S/C38H28F2N4S6/c1-13-19(39)9-21(41)31(43-45)27(13)23-11-25-35(47-23)29-33(49-25)15-7-18-16(8-17(15)37(29,3)4)34-30(38(18,5)6)36-26(50-34)12-24(48-36)28-14(2)20(40)10-22(42)32(28)44-46/h7-12,41-42,45-46H,1-6H3/b41-21?,42-22?,43-31+,44-32+. The molecule has 5 aromatic rings. The van der Waals surface area contributed by atoms with Crippen molar-refractivity contribution in [3.8, 4) is 20.9 Å². The molecular formula is C38H28F2N4S6. The van der Waals surface area contributed by atoms with E-state index in [4.69, 9.17) is 10.8 Å². The quantitative estimate of drug-likeness (QED) is 0.102. The summed E-state index contributed by atoms with van der Waals surface area (Å²) in [5.41, 5.74) is 10.3. The zero-order valence-electron chi connectivity index (χ0n) is 27.6. The third kappa shape index (κ3) is 4.09. The van der Waals surface area contributed by atoms with Crippen LogP contribution in [0.3, 0.4) is 0 Å². The Labute approximate surface area is 314 Å². The SMILES string of the molecule is CC1=C(c2cc3sc4c(c3s2)C(C)(C)c2cc3c(cc2-4)C(C)(C)c2c-3sc3cc(C4=C(C)C(F)=CC(=N)/C4=N\S)sc23)/C(=N/S)C(=N)C=C1F. The van der Waals surface area contributed by atoms with Crippen LogP contribution in [0.1, 0.15) is 73.6 Å². The van der Waals surface area contributed by atoms with Crippen LogP contribution in [0.25, 0.3) is 50.8 Å². The monoisotopic (exact) mass is 770 g/mol. The van der Waals surface area contributed by atoms with Crippen LogP contribution < -0.4 is 0 Å². The fourth-order valence-corrected chi connectivity index (χ4v) is 14.7. The van der Waals surface area contributed by atoms with Gasteiger partial charge >= 0.3 is 0 Å². The van der Waals surface area contributed by atoms with E-state index in [-0.39, 0.29) is 22.3 Å². The van der Waals surface area contributed by atoms with Crippen molar-refractivity contribution in [1.29, 1.82) is 10.8 Å². The molecule has 1 aromatic carbocycles. The largest absolute Gasteiger partial charge is 0.298 e. The lowest BCUT2D eigenvalue weighted by Crippen LogP contribution is -2.17. The van der Waals surface area contributed by atoms with Crippen molar-refractivity contribution in [2.45, 2.75) is 52.4 Å². The van der Waals surface area contributed by atoms with Crippen LogP contribution in [-0.2, 0) is 10.8 Å². The summed E-state index contributed by atoms with van der Waals surface area (Å²) in [6.45, 7) is 12.7. The molecule has 4 nitrogen and oxygen atoms in total. The Morgan fingerprint density at radius 1 is 0.620 bits per heavy atom. The minimum Gasteiger partial charge on any atom is -0.298 e. The molecule has 50 heavy (non-hydrogen) atoms. The Bertz CT molecular complexity index is 2510. The summed E-state index contributed by atoms with van der Waals surface area (Å²) >= 11 is 15.1. The number of nitrogens with zero attached hydrogens (tertiary/aromatic N) is 2. The fraction of sp³-hybridized carbons (Fsp3) is 0.211. The summed E-state index contributed by atoms with van der Waals surface area (Å²) in [7, 11) is 0. The topological polar surface area (TPSA) is 72.4 Å². The maximum atomic E-state index is 14.8. The molecule has 4 aromatic heterocycles. The first kappa shape index (κ1) is 32.6. The number of hydrogen-bond acceptors (Lipinski definition) is 10. The molecule has 0 atom stereocenters. The van der Waals surface area contributed by atoms with Crippen molar-refractivity contribution in [3.63, 3.8) is 0 Å². The molecule has 2 N–H and O–H groups in total. The molecule has 0 saturated carbocycles. The Morgan fingerprint density at radius 3 is 1.36 bits per heavy atom. The summed E-state index contributed by atoms with van der Waals surface area (Å²) in [4.78, 5) is 4.35. The van der Waals surface area contributed by atoms with Gasteiger partial charge in [-0.15, -0.1) is 45.3 Å². The zero-order chi connectivity index (χ0) is 35.3. The van der Waals surface area contributed by atoms with E-state index in [1.807, 2.05) is 0 Å². The highest BCUT2D eigenvalue weighted by Crippen LogP contribution is 2.63. The molecule has 250 valence electrons. The second-order valence-electron chi connectivity index (χ2n) is 14.1. The van der Waals surface area contributed by atoms with E-state index in [0.29, 0.717) is 33.7 Å². The minimum atomic E-state index is -0.411. The zero-order valence-corrected chi connectivity index (χ0v) is 32.7. The van der Waals surface area contributed by atoms with Crippen molar-refractivity contribution >= 4 is 124 Å². The number of hydrogen-bond donors (Lipinski definition) is 4. The van der Waals surface area contributed by atoms with Gasteiger partial charge in [0.15, 0.2) is 0 Å². The van der Waals surface area contributed by atoms with Gasteiger partial charge in [0.1, 0.15) is 23.1 Å². The number of fused-ring (bicyclic) bond motifs is 10. The number of benzene rings is 1. The van der Waals surface area contributed by atoms with E-state index in [2.05, 4.69) is 86.4 Å². The third-order valence-electron chi connectivity index (χ3n) is 10.7. The lowest BCUT2D eigenvalue weighted by molar-refractivity contribution is 0.653. The van der Waals surface area contributed by atoms with Crippen molar-refractivity contribution < 1.29 is 8.78 Å². The third-order valence-corrected chi connectivity index (χ3v) is 16.0. The molecule has 9 rings (SSSR count). The second-order valence-corrected chi connectivity index (χ2v) is 18.7. The van der Waals surface area contributed by atoms with Crippen molar-refractivity contribution in [3.05, 3.63) is 91.2 Å². The van der Waals surface area contributed by atoms with Gasteiger partial charge in [0.05, 0.1) is 20.8 Å².